The summed E-state index contributed by atoms with van der Waals surface area (Å²) < 4.78 is 0.982. The van der Waals surface area contributed by atoms with Crippen LogP contribution >= 0.6 is 11.3 Å². The van der Waals surface area contributed by atoms with Crippen LogP contribution in [0.4, 0.5) is 0 Å². The third-order valence-corrected chi connectivity index (χ3v) is 4.12. The molecule has 1 amide bonds. The summed E-state index contributed by atoms with van der Waals surface area (Å²) in [6.07, 6.45) is 7.67. The van der Waals surface area contributed by atoms with Gasteiger partial charge in [-0.15, -0.1) is 11.3 Å². The molecule has 0 radical (unpaired) electrons. The Kier molecular flexibility index (Phi) is 2.97. The monoisotopic (exact) mass is 269 g/mol. The predicted molar refractivity (Wildman–Crippen MR) is 75.2 cm³/mol. The lowest BCUT2D eigenvalue weighted by Gasteiger charge is -2.02. The first kappa shape index (κ1) is 11.8. The minimum atomic E-state index is -0.389. The number of carbonyl (C=O) groups excluding carboxylic acids is 1. The minimum absolute atomic E-state index is 0.389. The van der Waals surface area contributed by atoms with E-state index >= 15 is 0 Å². The lowest BCUT2D eigenvalue weighted by molar-refractivity contribution is 0.100. The first-order chi connectivity index (χ1) is 9.25. The van der Waals surface area contributed by atoms with Gasteiger partial charge >= 0.3 is 0 Å². The number of aromatic nitrogens is 2. The molecule has 3 rings (SSSR count). The molecule has 3 aromatic heterocycles. The Hall–Kier alpha value is -2.27. The van der Waals surface area contributed by atoms with Crippen LogP contribution in [0.5, 0.6) is 0 Å². The van der Waals surface area contributed by atoms with E-state index in [1.165, 1.54) is 11.3 Å². The van der Waals surface area contributed by atoms with E-state index in [0.29, 0.717) is 11.3 Å². The SMILES string of the molecule is NC(=O)c1sc2cnccc2c1Cc1cccnc1. The normalized spacial score (nSPS) is 10.7. The lowest BCUT2D eigenvalue weighted by atomic mass is 10.0. The molecule has 94 valence electrons. The molecule has 0 unspecified atom stereocenters. The third-order valence-electron chi connectivity index (χ3n) is 2.92. The molecule has 0 aliphatic heterocycles. The van der Waals surface area contributed by atoms with Crippen molar-refractivity contribution in [3.8, 4) is 0 Å². The first-order valence-electron chi connectivity index (χ1n) is 5.80. The van der Waals surface area contributed by atoms with Crippen LogP contribution in [0.2, 0.25) is 0 Å². The van der Waals surface area contributed by atoms with Crippen molar-refractivity contribution in [2.75, 3.05) is 0 Å². The maximum Gasteiger partial charge on any atom is 0.259 e. The van der Waals surface area contributed by atoms with Crippen LogP contribution in [0.1, 0.15) is 20.8 Å². The van der Waals surface area contributed by atoms with Crippen LogP contribution in [0.15, 0.2) is 43.0 Å². The molecule has 4 nitrogen and oxygen atoms in total. The summed E-state index contributed by atoms with van der Waals surface area (Å²) >= 11 is 1.39. The van der Waals surface area contributed by atoms with E-state index in [1.54, 1.807) is 24.8 Å². The van der Waals surface area contributed by atoms with Gasteiger partial charge in [0.25, 0.3) is 5.91 Å². The van der Waals surface area contributed by atoms with Crippen molar-refractivity contribution < 1.29 is 4.79 Å². The number of carbonyl (C=O) groups is 1. The Morgan fingerprint density at radius 2 is 2.05 bits per heavy atom. The molecule has 0 spiro atoms. The first-order valence-corrected chi connectivity index (χ1v) is 6.61. The molecule has 0 aliphatic rings. The van der Waals surface area contributed by atoms with Crippen LogP contribution in [-0.2, 0) is 6.42 Å². The fourth-order valence-electron chi connectivity index (χ4n) is 2.09. The number of thiophene rings is 1. The summed E-state index contributed by atoms with van der Waals surface area (Å²) in [6, 6.07) is 5.79. The number of nitrogens with zero attached hydrogens (tertiary/aromatic N) is 2. The van der Waals surface area contributed by atoms with E-state index in [-0.39, 0.29) is 5.91 Å². The molecule has 2 N–H and O–H groups in total. The Morgan fingerprint density at radius 3 is 2.79 bits per heavy atom. The van der Waals surface area contributed by atoms with Crippen molar-refractivity contribution in [2.45, 2.75) is 6.42 Å². The predicted octanol–water partition coefficient (Wildman–Crippen LogP) is 2.38. The van der Waals surface area contributed by atoms with E-state index in [9.17, 15) is 4.79 Å². The Bertz CT molecular complexity index is 737. The molecular weight excluding hydrogens is 258 g/mol. The highest BCUT2D eigenvalue weighted by atomic mass is 32.1. The summed E-state index contributed by atoms with van der Waals surface area (Å²) in [6.45, 7) is 0. The molecule has 5 heteroatoms. The van der Waals surface area contributed by atoms with E-state index in [0.717, 1.165) is 21.2 Å². The van der Waals surface area contributed by atoms with Crippen LogP contribution in [0, 0.1) is 0 Å². The Morgan fingerprint density at radius 1 is 1.21 bits per heavy atom. The number of rotatable bonds is 3. The van der Waals surface area contributed by atoms with Crippen LogP contribution in [0.25, 0.3) is 10.1 Å². The van der Waals surface area contributed by atoms with Gasteiger partial charge in [-0.1, -0.05) is 6.07 Å². The highest BCUT2D eigenvalue weighted by Gasteiger charge is 2.16. The molecule has 0 aliphatic carbocycles. The summed E-state index contributed by atoms with van der Waals surface area (Å²) in [5.41, 5.74) is 7.49. The van der Waals surface area contributed by atoms with E-state index < -0.39 is 0 Å². The van der Waals surface area contributed by atoms with Crippen LogP contribution < -0.4 is 5.73 Å². The number of primary amides is 1. The largest absolute Gasteiger partial charge is 0.365 e. The number of nitrogens with two attached hydrogens (primary N) is 1. The smallest absolute Gasteiger partial charge is 0.259 e. The van der Waals surface area contributed by atoms with Crippen molar-refractivity contribution in [3.63, 3.8) is 0 Å². The quantitative estimate of drug-likeness (QED) is 0.793. The second-order valence-electron chi connectivity index (χ2n) is 4.18. The summed E-state index contributed by atoms with van der Waals surface area (Å²) in [5.74, 6) is -0.389. The molecule has 0 saturated heterocycles. The topological polar surface area (TPSA) is 68.9 Å². The molecule has 0 saturated carbocycles. The van der Waals surface area contributed by atoms with Crippen molar-refractivity contribution in [1.82, 2.24) is 9.97 Å². The molecule has 0 fully saturated rings. The van der Waals surface area contributed by atoms with Gasteiger partial charge in [-0.3, -0.25) is 14.8 Å². The van der Waals surface area contributed by atoms with Gasteiger partial charge in [-0.05, 0) is 28.6 Å². The number of pyridine rings is 2. The second-order valence-corrected chi connectivity index (χ2v) is 5.24. The zero-order valence-electron chi connectivity index (χ0n) is 10.0. The number of hydrogen-bond acceptors (Lipinski definition) is 4. The van der Waals surface area contributed by atoms with Gasteiger partial charge in [-0.25, -0.2) is 0 Å². The van der Waals surface area contributed by atoms with Gasteiger partial charge in [0.2, 0.25) is 0 Å². The molecule has 0 bridgehead atoms. The summed E-state index contributed by atoms with van der Waals surface area (Å²) in [5, 5.41) is 1.04. The molecule has 19 heavy (non-hydrogen) atoms. The standard InChI is InChI=1S/C14H11N3OS/c15-14(18)13-11(6-9-2-1-4-16-7-9)10-3-5-17-8-12(10)19-13/h1-5,7-8H,6H2,(H2,15,18). The summed E-state index contributed by atoms with van der Waals surface area (Å²) in [4.78, 5) is 20.4. The Labute approximate surface area is 113 Å². The third kappa shape index (κ3) is 2.20. The minimum Gasteiger partial charge on any atom is -0.365 e. The number of hydrogen-bond donors (Lipinski definition) is 1. The molecule has 0 atom stereocenters. The van der Waals surface area contributed by atoms with Crippen molar-refractivity contribution >= 4 is 27.3 Å². The van der Waals surface area contributed by atoms with Crippen molar-refractivity contribution in [3.05, 3.63) is 59.0 Å². The van der Waals surface area contributed by atoms with Gasteiger partial charge in [0.1, 0.15) is 0 Å². The maximum absolute atomic E-state index is 11.6. The average molecular weight is 269 g/mol. The Balaban J connectivity index is 2.15. The highest BCUT2D eigenvalue weighted by Crippen LogP contribution is 2.31. The van der Waals surface area contributed by atoms with Gasteiger partial charge < -0.3 is 5.73 Å². The van der Waals surface area contributed by atoms with Crippen molar-refractivity contribution in [2.24, 2.45) is 5.73 Å². The average Bonchev–Trinajstić information content (AvgIpc) is 2.79. The van der Waals surface area contributed by atoms with Gasteiger partial charge in [0, 0.05) is 31.2 Å². The maximum atomic E-state index is 11.6. The fourth-order valence-corrected chi connectivity index (χ4v) is 3.13. The van der Waals surface area contributed by atoms with E-state index in [2.05, 4.69) is 9.97 Å². The number of amides is 1. The zero-order valence-corrected chi connectivity index (χ0v) is 10.9. The van der Waals surface area contributed by atoms with Gasteiger partial charge in [0.15, 0.2) is 0 Å². The van der Waals surface area contributed by atoms with Crippen molar-refractivity contribution in [1.29, 1.82) is 0 Å². The fraction of sp³-hybridized carbons (Fsp3) is 0.0714. The van der Waals surface area contributed by atoms with Crippen LogP contribution in [0.3, 0.4) is 0 Å². The molecule has 3 aromatic rings. The van der Waals surface area contributed by atoms with Gasteiger partial charge in [0.05, 0.1) is 9.58 Å². The second kappa shape index (κ2) is 4.78. The summed E-state index contributed by atoms with van der Waals surface area (Å²) in [7, 11) is 0. The lowest BCUT2D eigenvalue weighted by Crippen LogP contribution is -2.11. The molecule has 0 aromatic carbocycles. The van der Waals surface area contributed by atoms with E-state index in [1.807, 2.05) is 18.2 Å². The number of fused-ring (bicyclic) bond motifs is 1. The zero-order chi connectivity index (χ0) is 13.2. The molecule has 3 heterocycles. The highest BCUT2D eigenvalue weighted by molar-refractivity contribution is 7.21. The molecular formula is C14H11N3OS. The van der Waals surface area contributed by atoms with E-state index in [4.69, 9.17) is 5.73 Å². The van der Waals surface area contributed by atoms with Gasteiger partial charge in [-0.2, -0.15) is 0 Å². The van der Waals surface area contributed by atoms with Crippen LogP contribution in [-0.4, -0.2) is 15.9 Å².